The first-order valence-electron chi connectivity index (χ1n) is 11.0. The Bertz CT molecular complexity index is 1080. The summed E-state index contributed by atoms with van der Waals surface area (Å²) in [5.74, 6) is 1.42. The second kappa shape index (κ2) is 11.2. The van der Waals surface area contributed by atoms with Crippen LogP contribution >= 0.6 is 23.4 Å². The Hall–Kier alpha value is -2.32. The Morgan fingerprint density at radius 1 is 1.15 bits per heavy atom. The number of nitrogens with one attached hydrogen (secondary N) is 1. The van der Waals surface area contributed by atoms with Gasteiger partial charge in [0.25, 0.3) is 5.91 Å². The van der Waals surface area contributed by atoms with Crippen LogP contribution in [0.1, 0.15) is 39.0 Å². The Morgan fingerprint density at radius 3 is 2.61 bits per heavy atom. The zero-order valence-electron chi connectivity index (χ0n) is 18.8. The summed E-state index contributed by atoms with van der Waals surface area (Å²) in [4.78, 5) is 16.5. The van der Waals surface area contributed by atoms with Gasteiger partial charge < -0.3 is 14.6 Å². The molecule has 2 aromatic carbocycles. The van der Waals surface area contributed by atoms with Crippen molar-refractivity contribution in [3.05, 3.63) is 81.7 Å². The summed E-state index contributed by atoms with van der Waals surface area (Å²) in [5, 5.41) is 7.88. The molecule has 0 spiro atoms. The molecule has 1 atom stereocenters. The SMILES string of the molecule is Cc1noc(C)c1CSc1ccccc1C(=O)NCC(c1ccccc1Cl)N1CCOCC1. The van der Waals surface area contributed by atoms with Crippen molar-refractivity contribution in [2.45, 2.75) is 30.5 Å². The number of aryl methyl sites for hydroxylation is 2. The predicted molar refractivity (Wildman–Crippen MR) is 131 cm³/mol. The Labute approximate surface area is 203 Å². The molecule has 33 heavy (non-hydrogen) atoms. The zero-order chi connectivity index (χ0) is 23.2. The lowest BCUT2D eigenvalue weighted by molar-refractivity contribution is 0.0162. The van der Waals surface area contributed by atoms with Crippen molar-refractivity contribution in [2.75, 3.05) is 32.8 Å². The van der Waals surface area contributed by atoms with Gasteiger partial charge in [-0.15, -0.1) is 11.8 Å². The fraction of sp³-hybridized carbons (Fsp3) is 0.360. The number of hydrogen-bond donors (Lipinski definition) is 1. The summed E-state index contributed by atoms with van der Waals surface area (Å²) < 4.78 is 10.8. The number of carbonyl (C=O) groups excluding carboxylic acids is 1. The molecule has 1 fully saturated rings. The molecule has 1 N–H and O–H groups in total. The number of morpholine rings is 1. The first-order chi connectivity index (χ1) is 16.0. The van der Waals surface area contributed by atoms with E-state index in [2.05, 4.69) is 15.4 Å². The number of rotatable bonds is 8. The fourth-order valence-electron chi connectivity index (χ4n) is 3.99. The minimum atomic E-state index is -0.0952. The van der Waals surface area contributed by atoms with Gasteiger partial charge in [0, 0.05) is 40.9 Å². The van der Waals surface area contributed by atoms with Crippen molar-refractivity contribution in [1.82, 2.24) is 15.4 Å². The topological polar surface area (TPSA) is 67.6 Å². The third kappa shape index (κ3) is 5.79. The van der Waals surface area contributed by atoms with Crippen molar-refractivity contribution < 1.29 is 14.1 Å². The first-order valence-corrected chi connectivity index (χ1v) is 12.4. The molecule has 8 heteroatoms. The average molecular weight is 486 g/mol. The average Bonchev–Trinajstić information content (AvgIpc) is 3.16. The number of halogens is 1. The second-order valence-electron chi connectivity index (χ2n) is 7.98. The smallest absolute Gasteiger partial charge is 0.252 e. The van der Waals surface area contributed by atoms with E-state index in [0.717, 1.165) is 40.6 Å². The van der Waals surface area contributed by atoms with E-state index in [1.54, 1.807) is 11.8 Å². The lowest BCUT2D eigenvalue weighted by atomic mass is 10.0. The number of hydrogen-bond acceptors (Lipinski definition) is 6. The summed E-state index contributed by atoms with van der Waals surface area (Å²) in [6, 6.07) is 15.5. The van der Waals surface area contributed by atoms with E-state index in [9.17, 15) is 4.79 Å². The number of nitrogens with zero attached hydrogens (tertiary/aromatic N) is 2. The molecular weight excluding hydrogens is 458 g/mol. The zero-order valence-corrected chi connectivity index (χ0v) is 20.4. The molecule has 0 radical (unpaired) electrons. The third-order valence-corrected chi connectivity index (χ3v) is 7.34. The van der Waals surface area contributed by atoms with Gasteiger partial charge in [0.05, 0.1) is 30.5 Å². The van der Waals surface area contributed by atoms with Gasteiger partial charge in [-0.2, -0.15) is 0 Å². The van der Waals surface area contributed by atoms with Gasteiger partial charge in [0.15, 0.2) is 0 Å². The molecule has 3 aromatic rings. The van der Waals surface area contributed by atoms with E-state index in [-0.39, 0.29) is 11.9 Å². The van der Waals surface area contributed by atoms with Crippen LogP contribution in [0, 0.1) is 13.8 Å². The van der Waals surface area contributed by atoms with Crippen LogP contribution in [0.5, 0.6) is 0 Å². The third-order valence-electron chi connectivity index (χ3n) is 5.89. The predicted octanol–water partition coefficient (Wildman–Crippen LogP) is 5.04. The molecule has 1 aliphatic heterocycles. The second-order valence-corrected chi connectivity index (χ2v) is 9.41. The molecule has 174 valence electrons. The van der Waals surface area contributed by atoms with Gasteiger partial charge >= 0.3 is 0 Å². The molecule has 1 amide bonds. The van der Waals surface area contributed by atoms with Crippen LogP contribution in [0.3, 0.4) is 0 Å². The number of amides is 1. The highest BCUT2D eigenvalue weighted by atomic mass is 35.5. The van der Waals surface area contributed by atoms with Crippen LogP contribution in [0.4, 0.5) is 0 Å². The molecular formula is C25H28ClN3O3S. The molecule has 1 unspecified atom stereocenters. The van der Waals surface area contributed by atoms with Crippen LogP contribution in [0.2, 0.25) is 5.02 Å². The van der Waals surface area contributed by atoms with E-state index in [1.165, 1.54) is 0 Å². The number of carbonyl (C=O) groups is 1. The van der Waals surface area contributed by atoms with Crippen LogP contribution in [-0.4, -0.2) is 48.8 Å². The highest BCUT2D eigenvalue weighted by molar-refractivity contribution is 7.98. The van der Waals surface area contributed by atoms with Crippen molar-refractivity contribution in [1.29, 1.82) is 0 Å². The lowest BCUT2D eigenvalue weighted by Gasteiger charge is -2.35. The van der Waals surface area contributed by atoms with Crippen molar-refractivity contribution in [2.24, 2.45) is 0 Å². The Kier molecular flexibility index (Phi) is 8.09. The van der Waals surface area contributed by atoms with Crippen molar-refractivity contribution >= 4 is 29.3 Å². The molecule has 0 bridgehead atoms. The highest BCUT2D eigenvalue weighted by Crippen LogP contribution is 2.30. The molecule has 0 saturated carbocycles. The summed E-state index contributed by atoms with van der Waals surface area (Å²) in [6.07, 6.45) is 0. The molecule has 1 aromatic heterocycles. The Balaban J connectivity index is 1.48. The minimum absolute atomic E-state index is 0.0198. The fourth-order valence-corrected chi connectivity index (χ4v) is 5.46. The summed E-state index contributed by atoms with van der Waals surface area (Å²) in [7, 11) is 0. The monoisotopic (exact) mass is 485 g/mol. The summed E-state index contributed by atoms with van der Waals surface area (Å²) in [6.45, 7) is 7.27. The number of thioether (sulfide) groups is 1. The van der Waals surface area contributed by atoms with Crippen LogP contribution in [0.15, 0.2) is 57.9 Å². The van der Waals surface area contributed by atoms with Crippen LogP contribution in [0.25, 0.3) is 0 Å². The van der Waals surface area contributed by atoms with Gasteiger partial charge in [-0.1, -0.05) is 47.1 Å². The van der Waals surface area contributed by atoms with Crippen LogP contribution < -0.4 is 5.32 Å². The molecule has 1 aliphatic rings. The van der Waals surface area contributed by atoms with Gasteiger partial charge in [-0.25, -0.2) is 0 Å². The van der Waals surface area contributed by atoms with Crippen molar-refractivity contribution in [3.8, 4) is 0 Å². The van der Waals surface area contributed by atoms with Gasteiger partial charge in [-0.3, -0.25) is 9.69 Å². The number of aromatic nitrogens is 1. The Morgan fingerprint density at radius 2 is 1.88 bits per heavy atom. The quantitative estimate of drug-likeness (QED) is 0.451. The molecule has 2 heterocycles. The minimum Gasteiger partial charge on any atom is -0.379 e. The molecule has 4 rings (SSSR count). The van der Waals surface area contributed by atoms with Gasteiger partial charge in [0.1, 0.15) is 5.76 Å². The molecule has 6 nitrogen and oxygen atoms in total. The number of ether oxygens (including phenoxy) is 1. The largest absolute Gasteiger partial charge is 0.379 e. The normalized spacial score (nSPS) is 15.4. The highest BCUT2D eigenvalue weighted by Gasteiger charge is 2.25. The standard InChI is InChI=1S/C25H28ClN3O3S/c1-17-21(18(2)32-28-17)16-33-24-10-6-4-8-20(24)25(30)27-15-23(29-11-13-31-14-12-29)19-7-3-5-9-22(19)26/h3-10,23H,11-16H2,1-2H3,(H,27,30). The van der Waals surface area contributed by atoms with Crippen molar-refractivity contribution in [3.63, 3.8) is 0 Å². The van der Waals surface area contributed by atoms with Gasteiger partial charge in [0.2, 0.25) is 0 Å². The first kappa shape index (κ1) is 23.8. The number of benzene rings is 2. The van der Waals surface area contributed by atoms with E-state index in [4.69, 9.17) is 20.9 Å². The summed E-state index contributed by atoms with van der Waals surface area (Å²) in [5.41, 5.74) is 3.63. The maximum absolute atomic E-state index is 13.2. The lowest BCUT2D eigenvalue weighted by Crippen LogP contribution is -2.44. The van der Waals surface area contributed by atoms with Gasteiger partial charge in [-0.05, 0) is 37.6 Å². The maximum Gasteiger partial charge on any atom is 0.252 e. The van der Waals surface area contributed by atoms with E-state index in [0.29, 0.717) is 36.1 Å². The maximum atomic E-state index is 13.2. The summed E-state index contributed by atoms with van der Waals surface area (Å²) >= 11 is 8.14. The van der Waals surface area contributed by atoms with E-state index >= 15 is 0 Å². The molecule has 0 aliphatic carbocycles. The molecule has 1 saturated heterocycles. The van der Waals surface area contributed by atoms with E-state index in [1.807, 2.05) is 62.4 Å². The van der Waals surface area contributed by atoms with E-state index < -0.39 is 0 Å². The van der Waals surface area contributed by atoms with Crippen LogP contribution in [-0.2, 0) is 10.5 Å².